The average molecular weight is 222 g/mol. The summed E-state index contributed by atoms with van der Waals surface area (Å²) in [7, 11) is 0. The van der Waals surface area contributed by atoms with Gasteiger partial charge in [-0.25, -0.2) is 0 Å². The maximum Gasteiger partial charge on any atom is 0.303 e. The first-order valence-corrected chi connectivity index (χ1v) is 5.78. The molecule has 0 amide bonds. The molecule has 0 saturated carbocycles. The summed E-state index contributed by atoms with van der Waals surface area (Å²) in [5, 5.41) is 8.43. The minimum absolute atomic E-state index is 0.0148. The van der Waals surface area contributed by atoms with Crippen LogP contribution in [0, 0.1) is 5.92 Å². The van der Waals surface area contributed by atoms with Crippen LogP contribution in [0.3, 0.4) is 0 Å². The van der Waals surface area contributed by atoms with Crippen LogP contribution in [0.1, 0.15) is 38.5 Å². The molecule has 16 heavy (non-hydrogen) atoms. The first-order valence-electron chi connectivity index (χ1n) is 5.78. The van der Waals surface area contributed by atoms with Crippen LogP contribution in [-0.2, 0) is 9.59 Å². The molecule has 1 aliphatic rings. The van der Waals surface area contributed by atoms with Crippen molar-refractivity contribution in [1.29, 1.82) is 0 Å². The highest BCUT2D eigenvalue weighted by molar-refractivity contribution is 5.88. The van der Waals surface area contributed by atoms with Gasteiger partial charge in [-0.3, -0.25) is 9.59 Å². The molecule has 0 aromatic rings. The van der Waals surface area contributed by atoms with Crippen molar-refractivity contribution in [2.24, 2.45) is 5.92 Å². The van der Waals surface area contributed by atoms with Crippen LogP contribution >= 0.6 is 0 Å². The van der Waals surface area contributed by atoms with Crippen molar-refractivity contribution in [1.82, 2.24) is 0 Å². The molecule has 0 fully saturated rings. The second kappa shape index (κ2) is 6.99. The van der Waals surface area contributed by atoms with E-state index in [0.717, 1.165) is 25.7 Å². The van der Waals surface area contributed by atoms with Crippen molar-refractivity contribution in [2.75, 3.05) is 0 Å². The van der Waals surface area contributed by atoms with E-state index in [4.69, 9.17) is 5.11 Å². The van der Waals surface area contributed by atoms with Gasteiger partial charge in [0.15, 0.2) is 0 Å². The fourth-order valence-corrected chi connectivity index (χ4v) is 1.70. The Labute approximate surface area is 95.9 Å². The fraction of sp³-hybridized carbons (Fsp3) is 0.538. The Morgan fingerprint density at radius 1 is 1.44 bits per heavy atom. The lowest BCUT2D eigenvalue weighted by molar-refractivity contribution is -0.137. The number of aliphatic carboxylic acids is 1. The molecular weight excluding hydrogens is 204 g/mol. The normalized spacial score (nSPS) is 19.8. The monoisotopic (exact) mass is 222 g/mol. The number of Topliss-reactive ketones (excluding diaryl/α,β-unsaturated/α-hetero) is 1. The van der Waals surface area contributed by atoms with Gasteiger partial charge in [0.1, 0.15) is 5.78 Å². The van der Waals surface area contributed by atoms with E-state index in [1.807, 2.05) is 24.3 Å². The minimum atomic E-state index is -0.725. The summed E-state index contributed by atoms with van der Waals surface area (Å²) in [6.07, 6.45) is 12.2. The summed E-state index contributed by atoms with van der Waals surface area (Å²) >= 11 is 0. The molecule has 1 aliphatic carbocycles. The van der Waals surface area contributed by atoms with Crippen molar-refractivity contribution >= 4 is 11.8 Å². The summed E-state index contributed by atoms with van der Waals surface area (Å²) in [6.45, 7) is 0. The fourth-order valence-electron chi connectivity index (χ4n) is 1.70. The smallest absolute Gasteiger partial charge is 0.303 e. The van der Waals surface area contributed by atoms with Gasteiger partial charge in [0.05, 0.1) is 5.92 Å². The quantitative estimate of drug-likeness (QED) is 0.532. The average Bonchev–Trinajstić information content (AvgIpc) is 2.62. The molecule has 1 rings (SSSR count). The molecule has 1 N–H and O–H groups in total. The third-order valence-electron chi connectivity index (χ3n) is 2.64. The van der Waals surface area contributed by atoms with E-state index in [0.29, 0.717) is 6.42 Å². The maximum atomic E-state index is 11.2. The van der Waals surface area contributed by atoms with Gasteiger partial charge >= 0.3 is 5.97 Å². The molecular formula is C13H18O3. The molecule has 1 atom stereocenters. The minimum Gasteiger partial charge on any atom is -0.481 e. The van der Waals surface area contributed by atoms with Crippen molar-refractivity contribution < 1.29 is 14.7 Å². The maximum absolute atomic E-state index is 11.2. The Bertz CT molecular complexity index is 302. The largest absolute Gasteiger partial charge is 0.481 e. The van der Waals surface area contributed by atoms with Gasteiger partial charge in [-0.15, -0.1) is 0 Å². The Balaban J connectivity index is 2.02. The Morgan fingerprint density at radius 2 is 2.25 bits per heavy atom. The first-order chi connectivity index (χ1) is 7.70. The summed E-state index contributed by atoms with van der Waals surface area (Å²) in [4.78, 5) is 21.5. The van der Waals surface area contributed by atoms with E-state index >= 15 is 0 Å². The number of rotatable bonds is 7. The highest BCUT2D eigenvalue weighted by atomic mass is 16.4. The molecule has 0 aromatic heterocycles. The van der Waals surface area contributed by atoms with Crippen LogP contribution in [0.25, 0.3) is 0 Å². The first kappa shape index (κ1) is 12.7. The Morgan fingerprint density at radius 3 is 2.88 bits per heavy atom. The Kier molecular flexibility index (Phi) is 5.54. The SMILES string of the molecule is O=C(O)CCCCCC=CC1C=CCC1=O. The van der Waals surface area contributed by atoms with Crippen LogP contribution in [0.5, 0.6) is 0 Å². The molecule has 0 heterocycles. The van der Waals surface area contributed by atoms with Crippen LogP contribution in [0.4, 0.5) is 0 Å². The van der Waals surface area contributed by atoms with E-state index in [1.54, 1.807) is 0 Å². The second-order valence-electron chi connectivity index (χ2n) is 4.05. The lowest BCUT2D eigenvalue weighted by Crippen LogP contribution is -2.01. The molecule has 0 aliphatic heterocycles. The van der Waals surface area contributed by atoms with Gasteiger partial charge in [0.25, 0.3) is 0 Å². The molecule has 0 radical (unpaired) electrons. The standard InChI is InChI=1S/C13H18O3/c14-12-9-6-8-11(12)7-4-2-1-3-5-10-13(15)16/h4,6-8,11H,1-3,5,9-10H2,(H,15,16). The van der Waals surface area contributed by atoms with Gasteiger partial charge in [0.2, 0.25) is 0 Å². The molecule has 1 unspecified atom stereocenters. The zero-order chi connectivity index (χ0) is 11.8. The number of ketones is 1. The summed E-state index contributed by atoms with van der Waals surface area (Å²) in [5.41, 5.74) is 0. The lowest BCUT2D eigenvalue weighted by Gasteiger charge is -1.98. The van der Waals surface area contributed by atoms with E-state index in [9.17, 15) is 9.59 Å². The topological polar surface area (TPSA) is 54.4 Å². The van der Waals surface area contributed by atoms with Gasteiger partial charge in [-0.2, -0.15) is 0 Å². The molecule has 3 heteroatoms. The van der Waals surface area contributed by atoms with Crippen molar-refractivity contribution in [3.63, 3.8) is 0 Å². The van der Waals surface area contributed by atoms with E-state index in [1.165, 1.54) is 0 Å². The number of carboxylic acids is 1. The summed E-state index contributed by atoms with van der Waals surface area (Å²) < 4.78 is 0. The highest BCUT2D eigenvalue weighted by Gasteiger charge is 2.14. The van der Waals surface area contributed by atoms with Crippen molar-refractivity contribution in [3.05, 3.63) is 24.3 Å². The highest BCUT2D eigenvalue weighted by Crippen LogP contribution is 2.15. The molecule has 0 aromatic carbocycles. The van der Waals surface area contributed by atoms with E-state index in [-0.39, 0.29) is 18.1 Å². The second-order valence-corrected chi connectivity index (χ2v) is 4.05. The van der Waals surface area contributed by atoms with Gasteiger partial charge in [-0.05, 0) is 19.3 Å². The van der Waals surface area contributed by atoms with Crippen LogP contribution < -0.4 is 0 Å². The van der Waals surface area contributed by atoms with Crippen molar-refractivity contribution in [3.8, 4) is 0 Å². The molecule has 3 nitrogen and oxygen atoms in total. The van der Waals surface area contributed by atoms with Gasteiger partial charge < -0.3 is 5.11 Å². The molecule has 88 valence electrons. The zero-order valence-electron chi connectivity index (χ0n) is 9.39. The number of carboxylic acid groups (broad SMARTS) is 1. The number of hydrogen-bond acceptors (Lipinski definition) is 2. The summed E-state index contributed by atoms with van der Waals surface area (Å²) in [5.74, 6) is -0.474. The number of carbonyl (C=O) groups is 2. The molecule has 0 spiro atoms. The number of unbranched alkanes of at least 4 members (excludes halogenated alkanes) is 3. The van der Waals surface area contributed by atoms with Crippen LogP contribution in [-0.4, -0.2) is 16.9 Å². The third-order valence-corrected chi connectivity index (χ3v) is 2.64. The third kappa shape index (κ3) is 4.91. The van der Waals surface area contributed by atoms with E-state index < -0.39 is 5.97 Å². The number of carbonyl (C=O) groups excluding carboxylic acids is 1. The van der Waals surface area contributed by atoms with E-state index in [2.05, 4.69) is 0 Å². The Hall–Kier alpha value is -1.38. The molecule has 0 bridgehead atoms. The molecule has 0 saturated heterocycles. The predicted octanol–water partition coefficient (Wildman–Crippen LogP) is 2.72. The van der Waals surface area contributed by atoms with Crippen molar-refractivity contribution in [2.45, 2.75) is 38.5 Å². The lowest BCUT2D eigenvalue weighted by atomic mass is 10.1. The van der Waals surface area contributed by atoms with Crippen LogP contribution in [0.15, 0.2) is 24.3 Å². The number of allylic oxidation sites excluding steroid dienone is 4. The zero-order valence-corrected chi connectivity index (χ0v) is 9.39. The number of hydrogen-bond donors (Lipinski definition) is 1. The van der Waals surface area contributed by atoms with Gasteiger partial charge in [-0.1, -0.05) is 30.7 Å². The predicted molar refractivity (Wildman–Crippen MR) is 62.1 cm³/mol. The summed E-state index contributed by atoms with van der Waals surface area (Å²) in [6, 6.07) is 0. The van der Waals surface area contributed by atoms with Gasteiger partial charge in [0, 0.05) is 12.8 Å². The van der Waals surface area contributed by atoms with Crippen LogP contribution in [0.2, 0.25) is 0 Å².